The Hall–Kier alpha value is -1.57. The fraction of sp³-hybridized carbons (Fsp3) is 0.0714. The van der Waals surface area contributed by atoms with Crippen LogP contribution in [0.4, 0.5) is 5.69 Å². The van der Waals surface area contributed by atoms with E-state index in [0.717, 1.165) is 4.31 Å². The molecule has 0 atom stereocenters. The van der Waals surface area contributed by atoms with E-state index in [1.54, 1.807) is 24.3 Å². The van der Waals surface area contributed by atoms with E-state index in [2.05, 4.69) is 15.9 Å². The molecule has 0 spiro atoms. The molecule has 0 aliphatic carbocycles. The Bertz CT molecular complexity index is 793. The fourth-order valence-corrected chi connectivity index (χ4v) is 3.80. The third kappa shape index (κ3) is 3.60. The smallest absolute Gasteiger partial charge is 0.324 e. The second-order valence-corrected chi connectivity index (χ2v) is 7.50. The summed E-state index contributed by atoms with van der Waals surface area (Å²) < 4.78 is 26.9. The number of benzene rings is 2. The van der Waals surface area contributed by atoms with Crippen molar-refractivity contribution < 1.29 is 18.3 Å². The number of carboxylic acid groups (broad SMARTS) is 1. The molecule has 22 heavy (non-hydrogen) atoms. The number of nitrogens with zero attached hydrogens (tertiary/aromatic N) is 1. The third-order valence-electron chi connectivity index (χ3n) is 2.80. The lowest BCUT2D eigenvalue weighted by Gasteiger charge is -2.23. The average molecular weight is 405 g/mol. The summed E-state index contributed by atoms with van der Waals surface area (Å²) in [5, 5.41) is 9.19. The number of hydrogen-bond acceptors (Lipinski definition) is 3. The maximum Gasteiger partial charge on any atom is 0.324 e. The first-order valence-corrected chi connectivity index (χ1v) is 8.68. The van der Waals surface area contributed by atoms with E-state index >= 15 is 0 Å². The van der Waals surface area contributed by atoms with Crippen molar-refractivity contribution >= 4 is 49.2 Å². The van der Waals surface area contributed by atoms with Crippen molar-refractivity contribution in [2.45, 2.75) is 4.90 Å². The lowest BCUT2D eigenvalue weighted by Crippen LogP contribution is -2.35. The molecule has 0 saturated heterocycles. The van der Waals surface area contributed by atoms with Gasteiger partial charge in [0.2, 0.25) is 0 Å². The Kier molecular flexibility index (Phi) is 5.10. The number of hydrogen-bond donors (Lipinski definition) is 1. The molecule has 1 N–H and O–H groups in total. The Balaban J connectivity index is 2.56. The van der Waals surface area contributed by atoms with Gasteiger partial charge in [0.25, 0.3) is 10.0 Å². The number of anilines is 1. The molecule has 116 valence electrons. The van der Waals surface area contributed by atoms with Crippen molar-refractivity contribution in [3.8, 4) is 0 Å². The first kappa shape index (κ1) is 16.8. The van der Waals surface area contributed by atoms with E-state index in [0.29, 0.717) is 4.47 Å². The van der Waals surface area contributed by atoms with Crippen LogP contribution >= 0.6 is 27.5 Å². The zero-order valence-corrected chi connectivity index (χ0v) is 14.3. The number of carbonyl (C=O) groups is 1. The summed E-state index contributed by atoms with van der Waals surface area (Å²) in [6.45, 7) is -0.720. The molecule has 0 unspecified atom stereocenters. The summed E-state index contributed by atoms with van der Waals surface area (Å²) in [7, 11) is -4.04. The second kappa shape index (κ2) is 6.68. The minimum absolute atomic E-state index is 0.0168. The van der Waals surface area contributed by atoms with E-state index in [1.807, 2.05) is 0 Å². The van der Waals surface area contributed by atoms with Gasteiger partial charge in [-0.05, 0) is 36.4 Å². The van der Waals surface area contributed by atoms with E-state index in [9.17, 15) is 13.2 Å². The number of sulfonamides is 1. The van der Waals surface area contributed by atoms with Crippen molar-refractivity contribution in [2.75, 3.05) is 10.8 Å². The first-order valence-electron chi connectivity index (χ1n) is 6.07. The van der Waals surface area contributed by atoms with Gasteiger partial charge in [-0.1, -0.05) is 39.7 Å². The summed E-state index contributed by atoms with van der Waals surface area (Å²) >= 11 is 9.24. The molecule has 0 heterocycles. The van der Waals surface area contributed by atoms with Crippen LogP contribution in [0.2, 0.25) is 5.02 Å². The van der Waals surface area contributed by atoms with Gasteiger partial charge in [-0.15, -0.1) is 0 Å². The third-order valence-corrected chi connectivity index (χ3v) is 5.42. The van der Waals surface area contributed by atoms with Crippen LogP contribution in [0.25, 0.3) is 0 Å². The average Bonchev–Trinajstić information content (AvgIpc) is 2.46. The number of para-hydroxylation sites is 1. The van der Waals surface area contributed by atoms with Crippen LogP contribution < -0.4 is 4.31 Å². The van der Waals surface area contributed by atoms with E-state index < -0.39 is 22.5 Å². The van der Waals surface area contributed by atoms with Crippen molar-refractivity contribution in [2.24, 2.45) is 0 Å². The van der Waals surface area contributed by atoms with Gasteiger partial charge in [-0.2, -0.15) is 0 Å². The van der Waals surface area contributed by atoms with Crippen molar-refractivity contribution in [1.82, 2.24) is 0 Å². The Morgan fingerprint density at radius 2 is 1.73 bits per heavy atom. The van der Waals surface area contributed by atoms with Gasteiger partial charge in [0.05, 0.1) is 15.6 Å². The molecule has 5 nitrogen and oxygen atoms in total. The van der Waals surface area contributed by atoms with Crippen molar-refractivity contribution in [3.05, 3.63) is 58.0 Å². The maximum absolute atomic E-state index is 12.7. The molecule has 0 aliphatic heterocycles. The van der Waals surface area contributed by atoms with Gasteiger partial charge < -0.3 is 5.11 Å². The molecular formula is C14H11BrClNO4S. The summed E-state index contributed by atoms with van der Waals surface area (Å²) in [5.74, 6) is -1.28. The predicted octanol–water partition coefficient (Wildman–Crippen LogP) is 3.38. The Morgan fingerprint density at radius 1 is 1.14 bits per heavy atom. The van der Waals surface area contributed by atoms with Crippen LogP contribution in [-0.4, -0.2) is 26.0 Å². The Labute approximate surface area is 141 Å². The SMILES string of the molecule is O=C(O)CN(c1ccccc1Cl)S(=O)(=O)c1ccc(Br)cc1. The normalized spacial score (nSPS) is 11.2. The number of carboxylic acids is 1. The van der Waals surface area contributed by atoms with Crippen LogP contribution in [0.1, 0.15) is 0 Å². The molecule has 0 radical (unpaired) electrons. The lowest BCUT2D eigenvalue weighted by molar-refractivity contribution is -0.135. The van der Waals surface area contributed by atoms with Gasteiger partial charge in [-0.3, -0.25) is 9.10 Å². The number of rotatable bonds is 5. The highest BCUT2D eigenvalue weighted by molar-refractivity contribution is 9.10. The molecule has 0 saturated carbocycles. The standard InChI is InChI=1S/C14H11BrClNO4S/c15-10-5-7-11(8-6-10)22(20,21)17(9-14(18)19)13-4-2-1-3-12(13)16/h1-8H,9H2,(H,18,19). The van der Waals surface area contributed by atoms with Crippen molar-refractivity contribution in [3.63, 3.8) is 0 Å². The van der Waals surface area contributed by atoms with Crippen LogP contribution in [-0.2, 0) is 14.8 Å². The highest BCUT2D eigenvalue weighted by atomic mass is 79.9. The minimum Gasteiger partial charge on any atom is -0.480 e. The minimum atomic E-state index is -4.04. The highest BCUT2D eigenvalue weighted by Crippen LogP contribution is 2.30. The van der Waals surface area contributed by atoms with Gasteiger partial charge >= 0.3 is 5.97 Å². The molecule has 8 heteroatoms. The maximum atomic E-state index is 12.7. The van der Waals surface area contributed by atoms with Gasteiger partial charge in [0.1, 0.15) is 6.54 Å². The van der Waals surface area contributed by atoms with E-state index in [1.165, 1.54) is 24.3 Å². The molecule has 2 aromatic carbocycles. The molecule has 2 aromatic rings. The highest BCUT2D eigenvalue weighted by Gasteiger charge is 2.28. The second-order valence-electron chi connectivity index (χ2n) is 4.31. The van der Waals surface area contributed by atoms with Crippen LogP contribution in [0, 0.1) is 0 Å². The zero-order valence-electron chi connectivity index (χ0n) is 11.1. The molecule has 0 aliphatic rings. The largest absolute Gasteiger partial charge is 0.480 e. The number of halogens is 2. The summed E-state index contributed by atoms with van der Waals surface area (Å²) in [6, 6.07) is 12.1. The van der Waals surface area contributed by atoms with Crippen LogP contribution in [0.3, 0.4) is 0 Å². The van der Waals surface area contributed by atoms with Crippen LogP contribution in [0.5, 0.6) is 0 Å². The summed E-state index contributed by atoms with van der Waals surface area (Å²) in [6.07, 6.45) is 0. The predicted molar refractivity (Wildman–Crippen MR) is 87.8 cm³/mol. The van der Waals surface area contributed by atoms with Gasteiger partial charge in [-0.25, -0.2) is 8.42 Å². The van der Waals surface area contributed by atoms with Crippen molar-refractivity contribution in [1.29, 1.82) is 0 Å². The molecule has 0 amide bonds. The van der Waals surface area contributed by atoms with Gasteiger partial charge in [0, 0.05) is 4.47 Å². The summed E-state index contributed by atoms with van der Waals surface area (Å²) in [4.78, 5) is 11.1. The zero-order chi connectivity index (χ0) is 16.3. The lowest BCUT2D eigenvalue weighted by atomic mass is 10.3. The molecule has 0 bridgehead atoms. The molecule has 0 fully saturated rings. The van der Waals surface area contributed by atoms with Crippen LogP contribution in [0.15, 0.2) is 57.9 Å². The molecule has 0 aromatic heterocycles. The Morgan fingerprint density at radius 3 is 2.27 bits per heavy atom. The fourth-order valence-electron chi connectivity index (χ4n) is 1.81. The topological polar surface area (TPSA) is 74.7 Å². The summed E-state index contributed by atoms with van der Waals surface area (Å²) in [5.41, 5.74) is 0.120. The quantitative estimate of drug-likeness (QED) is 0.829. The van der Waals surface area contributed by atoms with E-state index in [4.69, 9.17) is 16.7 Å². The first-order chi connectivity index (χ1) is 10.3. The van der Waals surface area contributed by atoms with E-state index in [-0.39, 0.29) is 15.6 Å². The molecular weight excluding hydrogens is 394 g/mol. The monoisotopic (exact) mass is 403 g/mol. The van der Waals surface area contributed by atoms with Gasteiger partial charge in [0.15, 0.2) is 0 Å². The molecule has 2 rings (SSSR count). The number of aliphatic carboxylic acids is 1.